The lowest BCUT2D eigenvalue weighted by molar-refractivity contribution is -0.277. The summed E-state index contributed by atoms with van der Waals surface area (Å²) in [7, 11) is 0. The first-order valence-corrected chi connectivity index (χ1v) is 18.8. The van der Waals surface area contributed by atoms with Crippen molar-refractivity contribution in [3.8, 4) is 5.75 Å². The van der Waals surface area contributed by atoms with Gasteiger partial charge in [0.25, 0.3) is 0 Å². The summed E-state index contributed by atoms with van der Waals surface area (Å²) >= 11 is 0. The second kappa shape index (κ2) is 23.7. The van der Waals surface area contributed by atoms with Crippen molar-refractivity contribution in [2.24, 2.45) is 0 Å². The van der Waals surface area contributed by atoms with E-state index in [1.54, 1.807) is 0 Å². The number of halogens is 5. The number of amides is 2. The Morgan fingerprint density at radius 1 is 0.667 bits per heavy atom. The molecule has 1 saturated heterocycles. The Bertz CT molecular complexity index is 1530. The highest BCUT2D eigenvalue weighted by atomic mass is 19.2. The summed E-state index contributed by atoms with van der Waals surface area (Å²) < 4.78 is 101. The van der Waals surface area contributed by atoms with Crippen LogP contribution in [-0.2, 0) is 52.5 Å². The van der Waals surface area contributed by atoms with E-state index in [1.165, 1.54) is 27.7 Å². The normalized spacial score (nSPS) is 19.3. The van der Waals surface area contributed by atoms with Crippen LogP contribution in [0.5, 0.6) is 5.75 Å². The molecule has 1 heterocycles. The molecule has 2 rings (SSSR count). The molecule has 0 aliphatic carbocycles. The van der Waals surface area contributed by atoms with Crippen molar-refractivity contribution >= 4 is 35.5 Å². The van der Waals surface area contributed by atoms with Crippen molar-refractivity contribution in [1.29, 1.82) is 0 Å². The third-order valence-corrected chi connectivity index (χ3v) is 8.75. The molecule has 0 aromatic heterocycles. The number of ketones is 1. The van der Waals surface area contributed by atoms with E-state index in [9.17, 15) is 50.7 Å². The van der Waals surface area contributed by atoms with Crippen molar-refractivity contribution < 1.29 is 79.1 Å². The Labute approximate surface area is 328 Å². The van der Waals surface area contributed by atoms with Gasteiger partial charge in [0.1, 0.15) is 18.8 Å². The molecule has 0 bridgehead atoms. The van der Waals surface area contributed by atoms with E-state index < -0.39 is 101 Å². The van der Waals surface area contributed by atoms with Crippen LogP contribution in [0.3, 0.4) is 0 Å². The van der Waals surface area contributed by atoms with Crippen LogP contribution in [0, 0.1) is 29.1 Å². The summed E-state index contributed by atoms with van der Waals surface area (Å²) in [6, 6.07) is -1.09. The van der Waals surface area contributed by atoms with Gasteiger partial charge in [0, 0.05) is 53.7 Å². The van der Waals surface area contributed by atoms with E-state index >= 15 is 0 Å². The smallest absolute Gasteiger partial charge is 0.303 e. The lowest BCUT2D eigenvalue weighted by Crippen LogP contribution is -2.66. The molecule has 1 aromatic carbocycles. The van der Waals surface area contributed by atoms with Crippen molar-refractivity contribution in [2.75, 3.05) is 19.8 Å². The average Bonchev–Trinajstić information content (AvgIpc) is 3.13. The van der Waals surface area contributed by atoms with Gasteiger partial charge in [-0.3, -0.25) is 28.8 Å². The number of carbonyl (C=O) groups excluding carboxylic acids is 6. The Balaban J connectivity index is 1.68. The standard InChI is InChI=1S/C38H53F5N2O12/c1-21(46)45-33-36(55-24(4)49)34(54-23(3)48)25(20-53-22(2)47)56-37(33)52-19-15-13-17-27(51)44-18-14-11-9-7-8-10-12-16-26(50)38(5,6)57-35-31(42)29(40)28(39)30(41)32(35)43/h25,33-34,36-37H,7-20H2,1-6H3,(H,44,51)(H,45,46)/t25-,33-,34+,36-,37-/m1/s1. The van der Waals surface area contributed by atoms with Crippen LogP contribution in [0.4, 0.5) is 22.0 Å². The van der Waals surface area contributed by atoms with E-state index in [-0.39, 0.29) is 32.0 Å². The number of nitrogens with one attached hydrogen (secondary N) is 2. The molecule has 1 aliphatic heterocycles. The van der Waals surface area contributed by atoms with Crippen LogP contribution in [0.15, 0.2) is 0 Å². The quantitative estimate of drug-likeness (QED) is 0.0348. The maximum atomic E-state index is 14.0. The fraction of sp³-hybridized carbons (Fsp3) is 0.684. The number of rotatable bonds is 24. The number of benzene rings is 1. The summed E-state index contributed by atoms with van der Waals surface area (Å²) in [5.41, 5.74) is -1.83. The highest BCUT2D eigenvalue weighted by Gasteiger charge is 2.51. The van der Waals surface area contributed by atoms with E-state index in [0.717, 1.165) is 46.0 Å². The highest BCUT2D eigenvalue weighted by molar-refractivity contribution is 5.86. The molecule has 14 nitrogen and oxygen atoms in total. The molecule has 2 N–H and O–H groups in total. The van der Waals surface area contributed by atoms with Gasteiger partial charge in [-0.2, -0.15) is 8.78 Å². The zero-order valence-corrected chi connectivity index (χ0v) is 33.1. The molecule has 2 amide bonds. The number of hydrogen-bond acceptors (Lipinski definition) is 12. The second-order valence-electron chi connectivity index (χ2n) is 14.1. The maximum Gasteiger partial charge on any atom is 0.303 e. The average molecular weight is 825 g/mol. The second-order valence-corrected chi connectivity index (χ2v) is 14.1. The Morgan fingerprint density at radius 3 is 1.75 bits per heavy atom. The maximum absolute atomic E-state index is 14.0. The first-order valence-electron chi connectivity index (χ1n) is 18.8. The van der Waals surface area contributed by atoms with Gasteiger partial charge in [0.2, 0.25) is 40.9 Å². The summed E-state index contributed by atoms with van der Waals surface area (Å²) in [4.78, 5) is 72.4. The van der Waals surface area contributed by atoms with E-state index in [0.29, 0.717) is 32.2 Å². The Morgan fingerprint density at radius 2 is 1.19 bits per heavy atom. The predicted octanol–water partition coefficient (Wildman–Crippen LogP) is 5.19. The van der Waals surface area contributed by atoms with E-state index in [1.807, 2.05) is 0 Å². The molecule has 1 fully saturated rings. The number of carbonyl (C=O) groups is 6. The van der Waals surface area contributed by atoms with Crippen LogP contribution >= 0.6 is 0 Å². The van der Waals surface area contributed by atoms with Crippen molar-refractivity contribution in [3.63, 3.8) is 0 Å². The molecule has 322 valence electrons. The number of ether oxygens (including phenoxy) is 6. The number of hydrogen-bond donors (Lipinski definition) is 2. The zero-order chi connectivity index (χ0) is 42.9. The zero-order valence-electron chi connectivity index (χ0n) is 33.1. The fourth-order valence-electron chi connectivity index (χ4n) is 5.92. The van der Waals surface area contributed by atoms with Crippen LogP contribution in [0.2, 0.25) is 0 Å². The summed E-state index contributed by atoms with van der Waals surface area (Å²) in [5.74, 6) is -15.7. The molecule has 5 atom stereocenters. The van der Waals surface area contributed by atoms with Gasteiger partial charge in [0.15, 0.2) is 35.6 Å². The first kappa shape index (κ1) is 48.8. The van der Waals surface area contributed by atoms with Crippen molar-refractivity contribution in [1.82, 2.24) is 10.6 Å². The minimum absolute atomic E-state index is 0.0146. The monoisotopic (exact) mass is 824 g/mol. The van der Waals surface area contributed by atoms with Crippen LogP contribution in [0.25, 0.3) is 0 Å². The van der Waals surface area contributed by atoms with Gasteiger partial charge >= 0.3 is 17.9 Å². The molecule has 0 unspecified atom stereocenters. The van der Waals surface area contributed by atoms with Gasteiger partial charge in [-0.05, 0) is 39.5 Å². The van der Waals surface area contributed by atoms with E-state index in [4.69, 9.17) is 28.4 Å². The lowest BCUT2D eigenvalue weighted by atomic mass is 9.96. The lowest BCUT2D eigenvalue weighted by Gasteiger charge is -2.44. The van der Waals surface area contributed by atoms with Gasteiger partial charge in [-0.1, -0.05) is 32.1 Å². The molecule has 19 heteroatoms. The first-order chi connectivity index (χ1) is 26.8. The summed E-state index contributed by atoms with van der Waals surface area (Å²) in [6.07, 6.45) is 1.53. The van der Waals surface area contributed by atoms with Crippen LogP contribution in [0.1, 0.15) is 112 Å². The van der Waals surface area contributed by atoms with Crippen LogP contribution in [-0.4, -0.2) is 91.5 Å². The molecule has 0 saturated carbocycles. The predicted molar refractivity (Wildman–Crippen MR) is 190 cm³/mol. The van der Waals surface area contributed by atoms with Gasteiger partial charge in [0.05, 0.1) is 0 Å². The molecule has 0 radical (unpaired) electrons. The topological polar surface area (TPSA) is 182 Å². The Kier molecular flexibility index (Phi) is 20.3. The molecule has 57 heavy (non-hydrogen) atoms. The SMILES string of the molecule is CC(=O)N[C@H]1[C@H](OCCCCC(=O)NCCCCCCCCCC(=O)C(C)(C)Oc2c(F)c(F)c(F)c(F)c2F)O[C@H](COC(C)=O)[C@H](OC(C)=O)[C@@H]1OC(C)=O. The molecule has 1 aliphatic rings. The molecular formula is C38H53F5N2O12. The largest absolute Gasteiger partial charge is 0.474 e. The number of esters is 3. The highest BCUT2D eigenvalue weighted by Crippen LogP contribution is 2.33. The molecular weight excluding hydrogens is 771 g/mol. The van der Waals surface area contributed by atoms with E-state index in [2.05, 4.69) is 10.6 Å². The van der Waals surface area contributed by atoms with Gasteiger partial charge in [-0.25, -0.2) is 13.2 Å². The van der Waals surface area contributed by atoms with Gasteiger partial charge in [-0.15, -0.1) is 0 Å². The molecule has 1 aromatic rings. The van der Waals surface area contributed by atoms with Crippen molar-refractivity contribution in [3.05, 3.63) is 29.1 Å². The Hall–Kier alpha value is -4.39. The minimum Gasteiger partial charge on any atom is -0.474 e. The third-order valence-electron chi connectivity index (χ3n) is 8.75. The third kappa shape index (κ3) is 16.2. The van der Waals surface area contributed by atoms with Gasteiger partial charge < -0.3 is 39.1 Å². The number of unbranched alkanes of at least 4 members (excludes halogenated alkanes) is 7. The minimum atomic E-state index is -2.32. The van der Waals surface area contributed by atoms with Crippen LogP contribution < -0.4 is 15.4 Å². The summed E-state index contributed by atoms with van der Waals surface area (Å²) in [6.45, 7) is 7.27. The van der Waals surface area contributed by atoms with Crippen molar-refractivity contribution in [2.45, 2.75) is 148 Å². The summed E-state index contributed by atoms with van der Waals surface area (Å²) in [5, 5.41) is 5.47. The molecule has 0 spiro atoms. The number of Topliss-reactive ketones (excluding diaryl/α,β-unsaturated/α-hetero) is 1. The fourth-order valence-corrected chi connectivity index (χ4v) is 5.92.